The molecule has 0 aromatic heterocycles. The molecule has 2 aliphatic carbocycles. The lowest BCUT2D eigenvalue weighted by Gasteiger charge is -2.35. The standard InChI is InChI=1S/C17H22N2O/c20-18-16-6-8-17(9-7-16)19-12-10-15(11-13-19)14-4-2-1-3-5-14/h1-2,5,10-12,17,20H,3-4,6-9,13H2. The van der Waals surface area contributed by atoms with Gasteiger partial charge in [-0.15, -0.1) is 0 Å². The van der Waals surface area contributed by atoms with Crippen LogP contribution in [-0.4, -0.2) is 28.4 Å². The van der Waals surface area contributed by atoms with E-state index in [0.717, 1.165) is 50.8 Å². The Hall–Kier alpha value is -1.77. The first-order valence-corrected chi connectivity index (χ1v) is 7.55. The van der Waals surface area contributed by atoms with Gasteiger partial charge in [-0.05, 0) is 55.7 Å². The van der Waals surface area contributed by atoms with Crippen molar-refractivity contribution in [2.45, 2.75) is 44.6 Å². The molecule has 0 amide bonds. The molecule has 0 unspecified atom stereocenters. The van der Waals surface area contributed by atoms with Crippen LogP contribution in [0.15, 0.2) is 52.9 Å². The minimum atomic E-state index is 0.592. The zero-order chi connectivity index (χ0) is 13.8. The van der Waals surface area contributed by atoms with Gasteiger partial charge in [-0.3, -0.25) is 0 Å². The number of hydrogen-bond acceptors (Lipinski definition) is 3. The molecule has 0 aromatic carbocycles. The van der Waals surface area contributed by atoms with E-state index in [1.54, 1.807) is 0 Å². The molecule has 106 valence electrons. The van der Waals surface area contributed by atoms with Gasteiger partial charge in [0, 0.05) is 18.8 Å². The first kappa shape index (κ1) is 13.2. The summed E-state index contributed by atoms with van der Waals surface area (Å²) in [5.74, 6) is 0. The molecule has 0 radical (unpaired) electrons. The normalized spacial score (nSPS) is 26.3. The third kappa shape index (κ3) is 2.87. The van der Waals surface area contributed by atoms with Crippen molar-refractivity contribution in [1.82, 2.24) is 4.90 Å². The molecule has 1 heterocycles. The summed E-state index contributed by atoms with van der Waals surface area (Å²) in [6, 6.07) is 0.592. The Bertz CT molecular complexity index is 501. The van der Waals surface area contributed by atoms with Crippen LogP contribution >= 0.6 is 0 Å². The van der Waals surface area contributed by atoms with Crippen LogP contribution in [0.25, 0.3) is 0 Å². The Kier molecular flexibility index (Phi) is 4.05. The van der Waals surface area contributed by atoms with E-state index in [2.05, 4.69) is 46.6 Å². The summed E-state index contributed by atoms with van der Waals surface area (Å²) in [5, 5.41) is 12.2. The Labute approximate surface area is 120 Å². The van der Waals surface area contributed by atoms with Crippen LogP contribution < -0.4 is 0 Å². The molecule has 1 saturated carbocycles. The smallest absolute Gasteiger partial charge is 0.0572 e. The van der Waals surface area contributed by atoms with E-state index in [4.69, 9.17) is 5.21 Å². The van der Waals surface area contributed by atoms with Crippen molar-refractivity contribution in [3.05, 3.63) is 47.7 Å². The van der Waals surface area contributed by atoms with Crippen LogP contribution in [0.1, 0.15) is 38.5 Å². The van der Waals surface area contributed by atoms with E-state index < -0.39 is 0 Å². The zero-order valence-electron chi connectivity index (χ0n) is 11.8. The molecule has 20 heavy (non-hydrogen) atoms. The van der Waals surface area contributed by atoms with Crippen molar-refractivity contribution in [3.8, 4) is 0 Å². The maximum atomic E-state index is 8.81. The van der Waals surface area contributed by atoms with Gasteiger partial charge >= 0.3 is 0 Å². The molecular formula is C17H22N2O. The Morgan fingerprint density at radius 2 is 2.00 bits per heavy atom. The van der Waals surface area contributed by atoms with Gasteiger partial charge in [-0.1, -0.05) is 29.5 Å². The predicted molar refractivity (Wildman–Crippen MR) is 81.9 cm³/mol. The van der Waals surface area contributed by atoms with Crippen LogP contribution in [0.3, 0.4) is 0 Å². The lowest BCUT2D eigenvalue weighted by atomic mass is 9.91. The van der Waals surface area contributed by atoms with Gasteiger partial charge in [0.15, 0.2) is 0 Å². The number of rotatable bonds is 2. The van der Waals surface area contributed by atoms with Crippen molar-refractivity contribution in [1.29, 1.82) is 0 Å². The maximum absolute atomic E-state index is 8.81. The van der Waals surface area contributed by atoms with E-state index in [9.17, 15) is 0 Å². The molecule has 1 aliphatic heterocycles. The summed E-state index contributed by atoms with van der Waals surface area (Å²) >= 11 is 0. The predicted octanol–water partition coefficient (Wildman–Crippen LogP) is 3.79. The third-order valence-corrected chi connectivity index (χ3v) is 4.49. The number of nitrogens with zero attached hydrogens (tertiary/aromatic N) is 2. The molecule has 0 aromatic rings. The van der Waals surface area contributed by atoms with E-state index >= 15 is 0 Å². The fourth-order valence-corrected chi connectivity index (χ4v) is 3.22. The molecule has 3 aliphatic rings. The minimum absolute atomic E-state index is 0.592. The van der Waals surface area contributed by atoms with Gasteiger partial charge in [-0.2, -0.15) is 0 Å². The SMILES string of the molecule is ON=C1CCC(N2C=CC(C3=CCC=CC3)=CC2)CC1. The van der Waals surface area contributed by atoms with Gasteiger partial charge in [0.1, 0.15) is 0 Å². The van der Waals surface area contributed by atoms with Crippen molar-refractivity contribution >= 4 is 5.71 Å². The van der Waals surface area contributed by atoms with Crippen molar-refractivity contribution in [2.75, 3.05) is 6.54 Å². The number of oxime groups is 1. The first-order chi connectivity index (χ1) is 9.86. The molecule has 1 fully saturated rings. The Morgan fingerprint density at radius 1 is 1.15 bits per heavy atom. The van der Waals surface area contributed by atoms with Crippen LogP contribution in [-0.2, 0) is 0 Å². The van der Waals surface area contributed by atoms with Gasteiger partial charge in [-0.25, -0.2) is 0 Å². The van der Waals surface area contributed by atoms with Crippen molar-refractivity contribution in [3.63, 3.8) is 0 Å². The highest BCUT2D eigenvalue weighted by Gasteiger charge is 2.22. The molecular weight excluding hydrogens is 248 g/mol. The summed E-state index contributed by atoms with van der Waals surface area (Å²) in [6.45, 7) is 1.00. The summed E-state index contributed by atoms with van der Waals surface area (Å²) < 4.78 is 0. The fraction of sp³-hybridized carbons (Fsp3) is 0.471. The first-order valence-electron chi connectivity index (χ1n) is 7.55. The molecule has 3 heteroatoms. The van der Waals surface area contributed by atoms with E-state index in [1.165, 1.54) is 11.1 Å². The van der Waals surface area contributed by atoms with Crippen LogP contribution in [0, 0.1) is 0 Å². The van der Waals surface area contributed by atoms with Gasteiger partial charge in [0.2, 0.25) is 0 Å². The van der Waals surface area contributed by atoms with Crippen molar-refractivity contribution in [2.24, 2.45) is 5.16 Å². The maximum Gasteiger partial charge on any atom is 0.0572 e. The highest BCUT2D eigenvalue weighted by molar-refractivity contribution is 5.84. The highest BCUT2D eigenvalue weighted by Crippen LogP contribution is 2.27. The minimum Gasteiger partial charge on any atom is -0.411 e. The van der Waals surface area contributed by atoms with E-state index in [1.807, 2.05) is 0 Å². The summed E-state index contributed by atoms with van der Waals surface area (Å²) in [4.78, 5) is 2.43. The molecule has 3 rings (SSSR count). The quantitative estimate of drug-likeness (QED) is 0.471. The van der Waals surface area contributed by atoms with Crippen LogP contribution in [0.4, 0.5) is 0 Å². The second-order valence-electron chi connectivity index (χ2n) is 5.71. The summed E-state index contributed by atoms with van der Waals surface area (Å²) in [6.07, 6.45) is 19.8. The molecule has 0 spiro atoms. The lowest BCUT2D eigenvalue weighted by Crippen LogP contribution is -2.35. The summed E-state index contributed by atoms with van der Waals surface area (Å²) in [5.41, 5.74) is 3.80. The topological polar surface area (TPSA) is 35.8 Å². The van der Waals surface area contributed by atoms with Gasteiger partial charge in [0.05, 0.1) is 5.71 Å². The Balaban J connectivity index is 1.57. The molecule has 0 atom stereocenters. The summed E-state index contributed by atoms with van der Waals surface area (Å²) in [7, 11) is 0. The molecule has 0 saturated heterocycles. The van der Waals surface area contributed by atoms with Crippen molar-refractivity contribution < 1.29 is 5.21 Å². The monoisotopic (exact) mass is 270 g/mol. The third-order valence-electron chi connectivity index (χ3n) is 4.49. The highest BCUT2D eigenvalue weighted by atomic mass is 16.4. The average Bonchev–Trinajstić information content (AvgIpc) is 2.56. The van der Waals surface area contributed by atoms with E-state index in [-0.39, 0.29) is 0 Å². The zero-order valence-corrected chi connectivity index (χ0v) is 11.8. The second kappa shape index (κ2) is 6.12. The fourth-order valence-electron chi connectivity index (χ4n) is 3.22. The molecule has 1 N–H and O–H groups in total. The molecule has 0 bridgehead atoms. The molecule has 3 nitrogen and oxygen atoms in total. The van der Waals surface area contributed by atoms with Crippen LogP contribution in [0.2, 0.25) is 0 Å². The second-order valence-corrected chi connectivity index (χ2v) is 5.71. The largest absolute Gasteiger partial charge is 0.411 e. The lowest BCUT2D eigenvalue weighted by molar-refractivity contribution is 0.257. The Morgan fingerprint density at radius 3 is 2.60 bits per heavy atom. The van der Waals surface area contributed by atoms with Crippen LogP contribution in [0.5, 0.6) is 0 Å². The van der Waals surface area contributed by atoms with E-state index in [0.29, 0.717) is 6.04 Å². The number of allylic oxidation sites excluding steroid dienone is 6. The number of hydrogen-bond donors (Lipinski definition) is 1. The van der Waals surface area contributed by atoms with Gasteiger partial charge in [0.25, 0.3) is 0 Å². The van der Waals surface area contributed by atoms with Gasteiger partial charge < -0.3 is 10.1 Å². The average molecular weight is 270 g/mol.